The van der Waals surface area contributed by atoms with Crippen molar-refractivity contribution in [1.82, 2.24) is 10.2 Å². The van der Waals surface area contributed by atoms with Crippen molar-refractivity contribution < 1.29 is 4.79 Å². The molecule has 0 bridgehead atoms. The number of piperidine rings is 1. The van der Waals surface area contributed by atoms with Crippen LogP contribution in [0.25, 0.3) is 0 Å². The van der Waals surface area contributed by atoms with E-state index in [4.69, 9.17) is 11.6 Å². The Labute approximate surface area is 132 Å². The topological polar surface area (TPSA) is 32.3 Å². The highest BCUT2D eigenvalue weighted by atomic mass is 127. The van der Waals surface area contributed by atoms with E-state index in [-0.39, 0.29) is 5.91 Å². The number of rotatable bonds is 4. The Morgan fingerprint density at radius 3 is 2.79 bits per heavy atom. The first-order valence-corrected chi connectivity index (χ1v) is 8.08. The highest BCUT2D eigenvalue weighted by molar-refractivity contribution is 14.1. The third kappa shape index (κ3) is 4.61. The van der Waals surface area contributed by atoms with Gasteiger partial charge in [-0.05, 0) is 66.7 Å². The van der Waals surface area contributed by atoms with Crippen LogP contribution in [-0.2, 0) is 0 Å². The molecule has 0 aliphatic carbocycles. The molecule has 1 amide bonds. The van der Waals surface area contributed by atoms with Gasteiger partial charge in [0.1, 0.15) is 0 Å². The molecule has 19 heavy (non-hydrogen) atoms. The van der Waals surface area contributed by atoms with E-state index >= 15 is 0 Å². The molecule has 0 unspecified atom stereocenters. The van der Waals surface area contributed by atoms with Gasteiger partial charge < -0.3 is 10.2 Å². The van der Waals surface area contributed by atoms with E-state index in [1.54, 1.807) is 12.1 Å². The van der Waals surface area contributed by atoms with Gasteiger partial charge in [-0.1, -0.05) is 18.0 Å². The molecule has 1 N–H and O–H groups in total. The van der Waals surface area contributed by atoms with Crippen LogP contribution in [0, 0.1) is 3.57 Å². The quantitative estimate of drug-likeness (QED) is 0.798. The van der Waals surface area contributed by atoms with Gasteiger partial charge in [0.2, 0.25) is 0 Å². The third-order valence-corrected chi connectivity index (χ3v) is 4.51. The standard InChI is InChI=1S/C14H18ClIN2O/c15-11-4-5-13(16)12(10-11)14(19)17-6-9-18-7-2-1-3-8-18/h4-5,10H,1-3,6-9H2,(H,17,19). The maximum atomic E-state index is 12.1. The molecular weight excluding hydrogens is 375 g/mol. The van der Waals surface area contributed by atoms with Gasteiger partial charge in [-0.15, -0.1) is 0 Å². The average Bonchev–Trinajstić information content (AvgIpc) is 2.42. The molecule has 1 saturated heterocycles. The number of carbonyl (C=O) groups is 1. The lowest BCUT2D eigenvalue weighted by atomic mass is 10.1. The normalized spacial score (nSPS) is 16.3. The summed E-state index contributed by atoms with van der Waals surface area (Å²) in [6.45, 7) is 3.94. The molecule has 2 rings (SSSR count). The Morgan fingerprint density at radius 2 is 2.05 bits per heavy atom. The van der Waals surface area contributed by atoms with Crippen molar-refractivity contribution in [1.29, 1.82) is 0 Å². The highest BCUT2D eigenvalue weighted by Gasteiger charge is 2.12. The van der Waals surface area contributed by atoms with Crippen LogP contribution in [0.2, 0.25) is 5.02 Å². The summed E-state index contributed by atoms with van der Waals surface area (Å²) < 4.78 is 0.928. The van der Waals surface area contributed by atoms with Gasteiger partial charge >= 0.3 is 0 Å². The minimum absolute atomic E-state index is 0.0380. The second-order valence-electron chi connectivity index (χ2n) is 4.78. The molecule has 0 atom stereocenters. The second kappa shape index (κ2) is 7.45. The Kier molecular flexibility index (Phi) is 5.91. The SMILES string of the molecule is O=C(NCCN1CCCCC1)c1cc(Cl)ccc1I. The summed E-state index contributed by atoms with van der Waals surface area (Å²) in [5.74, 6) is -0.0380. The van der Waals surface area contributed by atoms with Crippen LogP contribution in [0.3, 0.4) is 0 Å². The monoisotopic (exact) mass is 392 g/mol. The van der Waals surface area contributed by atoms with Crippen LogP contribution in [-0.4, -0.2) is 37.0 Å². The number of hydrogen-bond acceptors (Lipinski definition) is 2. The molecule has 1 aromatic rings. The maximum absolute atomic E-state index is 12.1. The summed E-state index contributed by atoms with van der Waals surface area (Å²) in [5, 5.41) is 3.57. The molecule has 0 saturated carbocycles. The minimum atomic E-state index is -0.0380. The van der Waals surface area contributed by atoms with Crippen LogP contribution >= 0.6 is 34.2 Å². The fourth-order valence-corrected chi connectivity index (χ4v) is 3.03. The van der Waals surface area contributed by atoms with Gasteiger partial charge in [0.15, 0.2) is 0 Å². The summed E-state index contributed by atoms with van der Waals surface area (Å²) >= 11 is 8.08. The Balaban J connectivity index is 1.82. The third-order valence-electron chi connectivity index (χ3n) is 3.34. The minimum Gasteiger partial charge on any atom is -0.351 e. The van der Waals surface area contributed by atoms with Crippen molar-refractivity contribution >= 4 is 40.1 Å². The van der Waals surface area contributed by atoms with Crippen molar-refractivity contribution in [2.75, 3.05) is 26.2 Å². The number of carbonyl (C=O) groups excluding carboxylic acids is 1. The van der Waals surface area contributed by atoms with Crippen molar-refractivity contribution in [3.63, 3.8) is 0 Å². The fraction of sp³-hybridized carbons (Fsp3) is 0.500. The Hall–Kier alpha value is -0.330. The summed E-state index contributed by atoms with van der Waals surface area (Å²) in [6.07, 6.45) is 3.89. The molecule has 0 aromatic heterocycles. The number of nitrogens with zero attached hydrogens (tertiary/aromatic N) is 1. The molecule has 1 aromatic carbocycles. The summed E-state index contributed by atoms with van der Waals surface area (Å²) in [7, 11) is 0. The van der Waals surface area contributed by atoms with Gasteiger partial charge in [-0.3, -0.25) is 4.79 Å². The number of nitrogens with one attached hydrogen (secondary N) is 1. The summed E-state index contributed by atoms with van der Waals surface area (Å²) in [5.41, 5.74) is 0.659. The molecule has 1 aliphatic heterocycles. The molecule has 1 heterocycles. The van der Waals surface area contributed by atoms with Gasteiger partial charge in [0, 0.05) is 21.7 Å². The van der Waals surface area contributed by atoms with Gasteiger partial charge in [-0.2, -0.15) is 0 Å². The molecule has 1 fully saturated rings. The molecule has 0 spiro atoms. The Bertz CT molecular complexity index is 447. The highest BCUT2D eigenvalue weighted by Crippen LogP contribution is 2.17. The molecule has 104 valence electrons. The second-order valence-corrected chi connectivity index (χ2v) is 6.38. The zero-order valence-electron chi connectivity index (χ0n) is 10.8. The molecule has 1 aliphatic rings. The van der Waals surface area contributed by atoms with Gasteiger partial charge in [-0.25, -0.2) is 0 Å². The zero-order valence-corrected chi connectivity index (χ0v) is 13.7. The van der Waals surface area contributed by atoms with E-state index in [9.17, 15) is 4.79 Å². The van der Waals surface area contributed by atoms with E-state index in [0.717, 1.165) is 23.2 Å². The van der Waals surface area contributed by atoms with Crippen LogP contribution in [0.15, 0.2) is 18.2 Å². The van der Waals surface area contributed by atoms with Crippen LogP contribution < -0.4 is 5.32 Å². The number of likely N-dealkylation sites (tertiary alicyclic amines) is 1. The van der Waals surface area contributed by atoms with E-state index in [2.05, 4.69) is 32.8 Å². The van der Waals surface area contributed by atoms with E-state index in [0.29, 0.717) is 17.1 Å². The van der Waals surface area contributed by atoms with E-state index in [1.165, 1.54) is 19.3 Å². The van der Waals surface area contributed by atoms with Crippen molar-refractivity contribution in [3.05, 3.63) is 32.4 Å². The zero-order chi connectivity index (χ0) is 13.7. The van der Waals surface area contributed by atoms with Crippen LogP contribution in [0.5, 0.6) is 0 Å². The van der Waals surface area contributed by atoms with Gasteiger partial charge in [0.25, 0.3) is 5.91 Å². The lowest BCUT2D eigenvalue weighted by molar-refractivity contribution is 0.0945. The first-order chi connectivity index (χ1) is 9.16. The van der Waals surface area contributed by atoms with Crippen LogP contribution in [0.1, 0.15) is 29.6 Å². The number of halogens is 2. The van der Waals surface area contributed by atoms with E-state index in [1.807, 2.05) is 6.07 Å². The predicted octanol–water partition coefficient (Wildman–Crippen LogP) is 3.16. The maximum Gasteiger partial charge on any atom is 0.252 e. The number of hydrogen-bond donors (Lipinski definition) is 1. The largest absolute Gasteiger partial charge is 0.351 e. The van der Waals surface area contributed by atoms with Gasteiger partial charge in [0.05, 0.1) is 5.56 Å². The molecule has 3 nitrogen and oxygen atoms in total. The molecular formula is C14H18ClIN2O. The van der Waals surface area contributed by atoms with E-state index < -0.39 is 0 Å². The lowest BCUT2D eigenvalue weighted by Crippen LogP contribution is -2.37. The van der Waals surface area contributed by atoms with Crippen molar-refractivity contribution in [2.24, 2.45) is 0 Å². The molecule has 0 radical (unpaired) electrons. The summed E-state index contributed by atoms with van der Waals surface area (Å²) in [4.78, 5) is 14.5. The van der Waals surface area contributed by atoms with Crippen LogP contribution in [0.4, 0.5) is 0 Å². The van der Waals surface area contributed by atoms with Crippen molar-refractivity contribution in [2.45, 2.75) is 19.3 Å². The number of benzene rings is 1. The number of amides is 1. The Morgan fingerprint density at radius 1 is 1.32 bits per heavy atom. The average molecular weight is 393 g/mol. The predicted molar refractivity (Wildman–Crippen MR) is 86.8 cm³/mol. The fourth-order valence-electron chi connectivity index (χ4n) is 2.28. The molecule has 5 heteroatoms. The lowest BCUT2D eigenvalue weighted by Gasteiger charge is -2.26. The first kappa shape index (κ1) is 15.1. The van der Waals surface area contributed by atoms with Crippen molar-refractivity contribution in [3.8, 4) is 0 Å². The first-order valence-electron chi connectivity index (χ1n) is 6.62. The smallest absolute Gasteiger partial charge is 0.252 e. The summed E-state index contributed by atoms with van der Waals surface area (Å²) in [6, 6.07) is 5.38.